The van der Waals surface area contributed by atoms with Crippen LogP contribution in [0.15, 0.2) is 11.6 Å². The molecule has 0 radical (unpaired) electrons. The predicted octanol–water partition coefficient (Wildman–Crippen LogP) is 2.36. The Morgan fingerprint density at radius 3 is 2.92 bits per heavy atom. The summed E-state index contributed by atoms with van der Waals surface area (Å²) in [5.74, 6) is 2.06. The fourth-order valence-electron chi connectivity index (χ4n) is 2.76. The lowest BCUT2D eigenvalue weighted by Crippen LogP contribution is -2.36. The van der Waals surface area contributed by atoms with Gasteiger partial charge in [-0.3, -0.25) is 0 Å². The zero-order valence-electron chi connectivity index (χ0n) is 7.96. The van der Waals surface area contributed by atoms with Crippen LogP contribution in [0.4, 0.5) is 0 Å². The molecule has 0 unspecified atom stereocenters. The molecule has 2 aliphatic rings. The van der Waals surface area contributed by atoms with E-state index in [2.05, 4.69) is 19.9 Å². The van der Waals surface area contributed by atoms with E-state index in [9.17, 15) is 5.11 Å². The SMILES string of the molecule is CC1=CC[C@@H]2C[C@@H]1[C@H](O)C[C@H]2C. The largest absolute Gasteiger partial charge is 0.392 e. The fraction of sp³-hybridized carbons (Fsp3) is 0.818. The van der Waals surface area contributed by atoms with Gasteiger partial charge in [-0.15, -0.1) is 0 Å². The van der Waals surface area contributed by atoms with E-state index in [1.807, 2.05) is 0 Å². The van der Waals surface area contributed by atoms with Gasteiger partial charge in [-0.05, 0) is 38.0 Å². The minimum absolute atomic E-state index is 0.0622. The van der Waals surface area contributed by atoms with Crippen LogP contribution < -0.4 is 0 Å². The standard InChI is InChI=1S/C11H18O/c1-7-3-4-9-6-10(7)11(12)5-8(9)2/h3,8-12H,4-6H2,1-2H3/t8-,9-,10+,11-/m1/s1. The van der Waals surface area contributed by atoms with Crippen molar-refractivity contribution in [1.82, 2.24) is 0 Å². The topological polar surface area (TPSA) is 20.2 Å². The summed E-state index contributed by atoms with van der Waals surface area (Å²) in [5.41, 5.74) is 1.42. The highest BCUT2D eigenvalue weighted by atomic mass is 16.3. The fourth-order valence-corrected chi connectivity index (χ4v) is 2.76. The molecule has 1 saturated carbocycles. The van der Waals surface area contributed by atoms with E-state index >= 15 is 0 Å². The Balaban J connectivity index is 2.21. The number of hydrogen-bond acceptors (Lipinski definition) is 1. The third-order valence-electron chi connectivity index (χ3n) is 3.77. The van der Waals surface area contributed by atoms with Crippen LogP contribution in [0.2, 0.25) is 0 Å². The van der Waals surface area contributed by atoms with Gasteiger partial charge in [0.2, 0.25) is 0 Å². The monoisotopic (exact) mass is 166 g/mol. The van der Waals surface area contributed by atoms with Crippen molar-refractivity contribution < 1.29 is 5.11 Å². The molecule has 68 valence electrons. The third-order valence-corrected chi connectivity index (χ3v) is 3.77. The van der Waals surface area contributed by atoms with E-state index in [4.69, 9.17) is 0 Å². The van der Waals surface area contributed by atoms with E-state index in [-0.39, 0.29) is 6.10 Å². The molecule has 0 aromatic rings. The third kappa shape index (κ3) is 1.20. The Labute approximate surface area is 74.5 Å². The summed E-state index contributed by atoms with van der Waals surface area (Å²) < 4.78 is 0. The lowest BCUT2D eigenvalue weighted by molar-refractivity contribution is 0.0301. The van der Waals surface area contributed by atoms with Gasteiger partial charge >= 0.3 is 0 Å². The maximum atomic E-state index is 9.82. The highest BCUT2D eigenvalue weighted by Crippen LogP contribution is 2.42. The smallest absolute Gasteiger partial charge is 0.0608 e. The van der Waals surface area contributed by atoms with Gasteiger partial charge < -0.3 is 5.11 Å². The maximum absolute atomic E-state index is 9.82. The van der Waals surface area contributed by atoms with E-state index < -0.39 is 0 Å². The van der Waals surface area contributed by atoms with E-state index in [1.165, 1.54) is 18.4 Å². The molecule has 1 N–H and O–H groups in total. The van der Waals surface area contributed by atoms with Crippen LogP contribution in [-0.4, -0.2) is 11.2 Å². The van der Waals surface area contributed by atoms with E-state index in [0.29, 0.717) is 5.92 Å². The zero-order valence-corrected chi connectivity index (χ0v) is 7.96. The Kier molecular flexibility index (Phi) is 1.99. The molecule has 0 aromatic heterocycles. The summed E-state index contributed by atoms with van der Waals surface area (Å²) in [6.07, 6.45) is 5.76. The van der Waals surface area contributed by atoms with Gasteiger partial charge in [0.05, 0.1) is 6.10 Å². The summed E-state index contributed by atoms with van der Waals surface area (Å²) in [7, 11) is 0. The van der Waals surface area contributed by atoms with Gasteiger partial charge in [0.1, 0.15) is 0 Å². The first-order chi connectivity index (χ1) is 5.68. The van der Waals surface area contributed by atoms with Gasteiger partial charge in [0.15, 0.2) is 0 Å². The molecule has 1 fully saturated rings. The predicted molar refractivity (Wildman–Crippen MR) is 49.8 cm³/mol. The number of allylic oxidation sites excluding steroid dienone is 1. The molecular weight excluding hydrogens is 148 g/mol. The van der Waals surface area contributed by atoms with E-state index in [1.54, 1.807) is 0 Å². The molecule has 2 bridgehead atoms. The number of rotatable bonds is 0. The van der Waals surface area contributed by atoms with Crippen molar-refractivity contribution in [2.24, 2.45) is 17.8 Å². The molecule has 0 heterocycles. The minimum Gasteiger partial charge on any atom is -0.392 e. The molecule has 1 nitrogen and oxygen atoms in total. The second-order valence-electron chi connectivity index (χ2n) is 4.57. The Morgan fingerprint density at radius 1 is 1.42 bits per heavy atom. The van der Waals surface area contributed by atoms with Crippen molar-refractivity contribution >= 4 is 0 Å². The average Bonchev–Trinajstić information content (AvgIpc) is 2.03. The molecule has 1 heteroatoms. The van der Waals surface area contributed by atoms with Crippen molar-refractivity contribution in [3.05, 3.63) is 11.6 Å². The number of aliphatic hydroxyl groups is 1. The highest BCUT2D eigenvalue weighted by Gasteiger charge is 2.36. The van der Waals surface area contributed by atoms with Crippen LogP contribution in [0.25, 0.3) is 0 Å². The van der Waals surface area contributed by atoms with Gasteiger partial charge in [-0.2, -0.15) is 0 Å². The van der Waals surface area contributed by atoms with Crippen molar-refractivity contribution in [2.45, 2.75) is 39.2 Å². The van der Waals surface area contributed by atoms with Gasteiger partial charge in [-0.1, -0.05) is 18.6 Å². The number of hydrogen-bond donors (Lipinski definition) is 1. The lowest BCUT2D eigenvalue weighted by atomic mass is 9.66. The Bertz CT molecular complexity index is 207. The van der Waals surface area contributed by atoms with Gasteiger partial charge in [-0.25, -0.2) is 0 Å². The minimum atomic E-state index is -0.0622. The molecule has 0 aromatic carbocycles. The molecule has 2 rings (SSSR count). The van der Waals surface area contributed by atoms with Gasteiger partial charge in [0, 0.05) is 5.92 Å². The van der Waals surface area contributed by atoms with E-state index in [0.717, 1.165) is 18.3 Å². The second kappa shape index (κ2) is 2.88. The number of fused-ring (bicyclic) bond motifs is 2. The molecule has 0 amide bonds. The van der Waals surface area contributed by atoms with Crippen LogP contribution in [0, 0.1) is 17.8 Å². The van der Waals surface area contributed by atoms with Crippen LogP contribution in [-0.2, 0) is 0 Å². The van der Waals surface area contributed by atoms with Gasteiger partial charge in [0.25, 0.3) is 0 Å². The second-order valence-corrected chi connectivity index (χ2v) is 4.57. The summed E-state index contributed by atoms with van der Waals surface area (Å²) in [5, 5.41) is 9.82. The summed E-state index contributed by atoms with van der Waals surface area (Å²) in [6.45, 7) is 4.44. The normalized spacial score (nSPS) is 47.1. The molecule has 4 atom stereocenters. The first kappa shape index (κ1) is 8.31. The molecular formula is C11H18O. The van der Waals surface area contributed by atoms with Crippen molar-refractivity contribution in [2.75, 3.05) is 0 Å². The molecule has 12 heavy (non-hydrogen) atoms. The quantitative estimate of drug-likeness (QED) is 0.548. The molecule has 0 spiro atoms. The Hall–Kier alpha value is -0.300. The lowest BCUT2D eigenvalue weighted by Gasteiger charge is -2.41. The maximum Gasteiger partial charge on any atom is 0.0608 e. The average molecular weight is 166 g/mol. The van der Waals surface area contributed by atoms with Crippen molar-refractivity contribution in [3.63, 3.8) is 0 Å². The molecule has 2 aliphatic carbocycles. The van der Waals surface area contributed by atoms with Crippen LogP contribution in [0.5, 0.6) is 0 Å². The van der Waals surface area contributed by atoms with Crippen LogP contribution >= 0.6 is 0 Å². The Morgan fingerprint density at radius 2 is 2.17 bits per heavy atom. The molecule has 0 saturated heterocycles. The van der Waals surface area contributed by atoms with Crippen LogP contribution in [0.1, 0.15) is 33.1 Å². The number of aliphatic hydroxyl groups excluding tert-OH is 1. The first-order valence-electron chi connectivity index (χ1n) is 5.03. The summed E-state index contributed by atoms with van der Waals surface area (Å²) in [6, 6.07) is 0. The molecule has 0 aliphatic heterocycles. The summed E-state index contributed by atoms with van der Waals surface area (Å²) >= 11 is 0. The van der Waals surface area contributed by atoms with Crippen molar-refractivity contribution in [1.29, 1.82) is 0 Å². The van der Waals surface area contributed by atoms with Crippen LogP contribution in [0.3, 0.4) is 0 Å². The first-order valence-corrected chi connectivity index (χ1v) is 5.03. The van der Waals surface area contributed by atoms with Crippen molar-refractivity contribution in [3.8, 4) is 0 Å². The summed E-state index contributed by atoms with van der Waals surface area (Å²) in [4.78, 5) is 0. The zero-order chi connectivity index (χ0) is 8.72. The highest BCUT2D eigenvalue weighted by molar-refractivity contribution is 5.13.